The van der Waals surface area contributed by atoms with Gasteiger partial charge in [-0.05, 0) is 83.5 Å². The molecule has 0 aromatic heterocycles. The van der Waals surface area contributed by atoms with E-state index in [9.17, 15) is 19.4 Å². The molecule has 0 bridgehead atoms. The summed E-state index contributed by atoms with van der Waals surface area (Å²) in [5.41, 5.74) is 0. The summed E-state index contributed by atoms with van der Waals surface area (Å²) in [5.74, 6) is -0.238. The number of nitrogens with zero attached hydrogens (tertiary/aromatic N) is 1. The molecule has 9 heteroatoms. The monoisotopic (exact) mass is 1020 g/mol. The van der Waals surface area contributed by atoms with Crippen molar-refractivity contribution in [2.24, 2.45) is 0 Å². The molecule has 0 aromatic rings. The van der Waals surface area contributed by atoms with E-state index in [1.54, 1.807) is 6.08 Å². The minimum absolute atomic E-state index is 0.0439. The second-order valence-electron chi connectivity index (χ2n) is 20.3. The predicted molar refractivity (Wildman–Crippen MR) is 313 cm³/mol. The topological polar surface area (TPSA) is 105 Å². The summed E-state index contributed by atoms with van der Waals surface area (Å²) < 4.78 is 23.7. The third-order valence-electron chi connectivity index (χ3n) is 12.2. The summed E-state index contributed by atoms with van der Waals surface area (Å²) in [7, 11) is 1.52. The maximum absolute atomic E-state index is 13.0. The van der Waals surface area contributed by atoms with Crippen molar-refractivity contribution >= 4 is 13.7 Å². The van der Waals surface area contributed by atoms with Crippen LogP contribution in [0.2, 0.25) is 0 Å². The molecular weight excluding hydrogens is 912 g/mol. The van der Waals surface area contributed by atoms with Gasteiger partial charge in [0, 0.05) is 6.42 Å². The van der Waals surface area contributed by atoms with Crippen molar-refractivity contribution < 1.29 is 32.9 Å². The number of rotatable bonds is 51. The summed E-state index contributed by atoms with van der Waals surface area (Å²) in [6.07, 6.45) is 78.7. The molecule has 1 amide bonds. The number of amides is 1. The molecule has 3 unspecified atom stereocenters. The zero-order valence-corrected chi connectivity index (χ0v) is 47.8. The van der Waals surface area contributed by atoms with Gasteiger partial charge in [-0.1, -0.05) is 251 Å². The van der Waals surface area contributed by atoms with Gasteiger partial charge >= 0.3 is 7.82 Å². The van der Waals surface area contributed by atoms with Gasteiger partial charge in [0.1, 0.15) is 13.2 Å². The standard InChI is InChI=1S/C63H109N2O6P/c1-6-8-10-12-14-16-18-20-22-24-26-28-29-30-31-32-33-34-35-37-39-41-43-45-47-49-51-53-55-57-63(67)64-61(60-71-72(68,69)70-59-58-65(3,4)5)62(66)56-54-52-50-48-46-44-42-40-38-36-27-25-23-21-19-17-15-13-11-9-7-2/h8,10,14,16,20,22,26,28,30-31,33-34,37,39,43,45,49,51,54,56,61-62,66H,6-7,9,11-13,15,17-19,21,23-25,27,29,32,35-36,38,40-42,44,46-48,50,52-53,55,57-60H2,1-5H3,(H-,64,67,68,69)/p+1/b10-8-,16-14-,22-20-,28-26-,31-30-,34-33-,39-37-,45-43-,51-49-,56-54+. The lowest BCUT2D eigenvalue weighted by atomic mass is 10.0. The van der Waals surface area contributed by atoms with Crippen LogP contribution in [-0.2, 0) is 18.4 Å². The number of carbonyl (C=O) groups excluding carboxylic acids is 1. The van der Waals surface area contributed by atoms with Crippen LogP contribution in [0.4, 0.5) is 0 Å². The number of quaternary nitrogens is 1. The molecule has 0 rings (SSSR count). The fraction of sp³-hybridized carbons (Fsp3) is 0.667. The Morgan fingerprint density at radius 1 is 0.486 bits per heavy atom. The molecule has 3 atom stereocenters. The molecule has 0 spiro atoms. The van der Waals surface area contributed by atoms with E-state index >= 15 is 0 Å². The van der Waals surface area contributed by atoms with Crippen LogP contribution in [0.1, 0.15) is 219 Å². The zero-order valence-electron chi connectivity index (χ0n) is 46.9. The number of carbonyl (C=O) groups is 1. The normalized spacial score (nSPS) is 14.8. The van der Waals surface area contributed by atoms with Gasteiger partial charge in [-0.3, -0.25) is 13.8 Å². The molecule has 0 fully saturated rings. The van der Waals surface area contributed by atoms with E-state index in [-0.39, 0.29) is 25.5 Å². The maximum atomic E-state index is 13.0. The van der Waals surface area contributed by atoms with E-state index in [0.29, 0.717) is 17.4 Å². The van der Waals surface area contributed by atoms with Crippen LogP contribution in [0.3, 0.4) is 0 Å². The Kier molecular flexibility index (Phi) is 50.5. The Balaban J connectivity index is 4.39. The molecule has 72 heavy (non-hydrogen) atoms. The van der Waals surface area contributed by atoms with Crippen LogP contribution in [0.25, 0.3) is 0 Å². The van der Waals surface area contributed by atoms with E-state index in [1.165, 1.54) is 109 Å². The Morgan fingerprint density at radius 2 is 0.833 bits per heavy atom. The molecule has 0 heterocycles. The van der Waals surface area contributed by atoms with Crippen LogP contribution < -0.4 is 5.32 Å². The molecule has 0 saturated carbocycles. The van der Waals surface area contributed by atoms with Gasteiger partial charge in [-0.15, -0.1) is 0 Å². The van der Waals surface area contributed by atoms with E-state index in [2.05, 4.69) is 129 Å². The first-order valence-corrected chi connectivity index (χ1v) is 30.4. The molecule has 412 valence electrons. The summed E-state index contributed by atoms with van der Waals surface area (Å²) in [5, 5.41) is 13.9. The van der Waals surface area contributed by atoms with E-state index in [1.807, 2.05) is 27.2 Å². The number of likely N-dealkylation sites (N-methyl/N-ethyl adjacent to an activating group) is 1. The van der Waals surface area contributed by atoms with E-state index in [4.69, 9.17) is 9.05 Å². The van der Waals surface area contributed by atoms with E-state index < -0.39 is 20.0 Å². The lowest BCUT2D eigenvalue weighted by molar-refractivity contribution is -0.870. The molecule has 8 nitrogen and oxygen atoms in total. The molecular formula is C63H110N2O6P+. The Labute approximate surface area is 444 Å². The van der Waals surface area contributed by atoms with Gasteiger partial charge in [-0.25, -0.2) is 4.57 Å². The van der Waals surface area contributed by atoms with Crippen molar-refractivity contribution in [3.05, 3.63) is 122 Å². The highest BCUT2D eigenvalue weighted by molar-refractivity contribution is 7.47. The van der Waals surface area contributed by atoms with Crippen molar-refractivity contribution in [2.45, 2.75) is 231 Å². The highest BCUT2D eigenvalue weighted by atomic mass is 31.2. The van der Waals surface area contributed by atoms with Crippen molar-refractivity contribution in [3.8, 4) is 0 Å². The molecule has 0 aromatic carbocycles. The number of aliphatic hydroxyl groups excluding tert-OH is 1. The second-order valence-corrected chi connectivity index (χ2v) is 21.7. The largest absolute Gasteiger partial charge is 0.472 e. The van der Waals surface area contributed by atoms with Gasteiger partial charge in [0.15, 0.2) is 0 Å². The molecule has 0 aliphatic rings. The molecule has 0 aliphatic heterocycles. The molecule has 3 N–H and O–H groups in total. The summed E-state index contributed by atoms with van der Waals surface area (Å²) in [6.45, 7) is 4.66. The van der Waals surface area contributed by atoms with Gasteiger partial charge < -0.3 is 19.8 Å². The minimum Gasteiger partial charge on any atom is -0.387 e. The third kappa shape index (κ3) is 54.7. The van der Waals surface area contributed by atoms with Crippen molar-refractivity contribution in [1.29, 1.82) is 0 Å². The number of phosphoric acid groups is 1. The van der Waals surface area contributed by atoms with Crippen LogP contribution in [0.5, 0.6) is 0 Å². The van der Waals surface area contributed by atoms with E-state index in [0.717, 1.165) is 83.5 Å². The SMILES string of the molecule is CC/C=C\C/C=C\C/C=C\C/C=C\C/C=C\C/C=C\C/C=C\C/C=C\C/C=C\CCCC(=O)NC(COP(=O)(O)OCC[N+](C)(C)C)C(O)/C=C/CCCCCCCCCCCCCCCCCCCCC. The fourth-order valence-electron chi connectivity index (χ4n) is 7.69. The predicted octanol–water partition coefficient (Wildman–Crippen LogP) is 17.8. The highest BCUT2D eigenvalue weighted by Gasteiger charge is 2.27. The number of phosphoric ester groups is 1. The van der Waals surface area contributed by atoms with Crippen LogP contribution >= 0.6 is 7.82 Å². The molecule has 0 aliphatic carbocycles. The Hall–Kier alpha value is -3.10. The smallest absolute Gasteiger partial charge is 0.387 e. The summed E-state index contributed by atoms with van der Waals surface area (Å²) in [6, 6.07) is -0.887. The van der Waals surface area contributed by atoms with Crippen LogP contribution in [0, 0.1) is 0 Å². The molecule has 0 radical (unpaired) electrons. The van der Waals surface area contributed by atoms with Gasteiger partial charge in [0.25, 0.3) is 0 Å². The zero-order chi connectivity index (χ0) is 52.7. The van der Waals surface area contributed by atoms with Crippen molar-refractivity contribution in [1.82, 2.24) is 5.32 Å². The van der Waals surface area contributed by atoms with Gasteiger partial charge in [-0.2, -0.15) is 0 Å². The number of allylic oxidation sites excluding steroid dienone is 19. The van der Waals surface area contributed by atoms with Gasteiger partial charge in [0.05, 0.1) is 39.9 Å². The summed E-state index contributed by atoms with van der Waals surface area (Å²) in [4.78, 5) is 23.3. The lowest BCUT2D eigenvalue weighted by Gasteiger charge is -2.25. The van der Waals surface area contributed by atoms with Crippen molar-refractivity contribution in [3.63, 3.8) is 0 Å². The average molecular weight is 1020 g/mol. The average Bonchev–Trinajstić information content (AvgIpc) is 3.34. The lowest BCUT2D eigenvalue weighted by Crippen LogP contribution is -2.45. The first-order valence-electron chi connectivity index (χ1n) is 28.9. The maximum Gasteiger partial charge on any atom is 0.472 e. The first-order chi connectivity index (χ1) is 35.0. The third-order valence-corrected chi connectivity index (χ3v) is 13.2. The Morgan fingerprint density at radius 3 is 1.21 bits per heavy atom. The second kappa shape index (κ2) is 52.8. The minimum atomic E-state index is -4.37. The number of unbranched alkanes of at least 4 members (excludes halogenated alkanes) is 20. The highest BCUT2D eigenvalue weighted by Crippen LogP contribution is 2.43. The fourth-order valence-corrected chi connectivity index (χ4v) is 8.43. The number of hydrogen-bond acceptors (Lipinski definition) is 5. The van der Waals surface area contributed by atoms with Gasteiger partial charge in [0.2, 0.25) is 5.91 Å². The van der Waals surface area contributed by atoms with Crippen LogP contribution in [0.15, 0.2) is 122 Å². The number of hydrogen-bond donors (Lipinski definition) is 3. The van der Waals surface area contributed by atoms with Crippen LogP contribution in [-0.4, -0.2) is 73.4 Å². The molecule has 0 saturated heterocycles. The van der Waals surface area contributed by atoms with Crippen molar-refractivity contribution in [2.75, 3.05) is 40.9 Å². The first kappa shape index (κ1) is 68.9. The number of nitrogens with one attached hydrogen (secondary N) is 1. The Bertz CT molecular complexity index is 1580. The quantitative estimate of drug-likeness (QED) is 0.0243. The summed E-state index contributed by atoms with van der Waals surface area (Å²) >= 11 is 0. The number of aliphatic hydroxyl groups is 1.